The summed E-state index contributed by atoms with van der Waals surface area (Å²) in [6.07, 6.45) is 0.564. The van der Waals surface area contributed by atoms with E-state index in [1.54, 1.807) is 25.2 Å². The van der Waals surface area contributed by atoms with Crippen LogP contribution in [-0.2, 0) is 11.2 Å². The molecule has 2 rings (SSSR count). The first kappa shape index (κ1) is 12.6. The summed E-state index contributed by atoms with van der Waals surface area (Å²) in [6.45, 7) is 3.52. The lowest BCUT2D eigenvalue weighted by molar-refractivity contribution is -0.146. The molecule has 0 radical (unpaired) electrons. The van der Waals surface area contributed by atoms with Gasteiger partial charge in [0.1, 0.15) is 0 Å². The van der Waals surface area contributed by atoms with Gasteiger partial charge in [0.15, 0.2) is 0 Å². The van der Waals surface area contributed by atoms with E-state index in [0.29, 0.717) is 6.42 Å². The number of aliphatic carboxylic acids is 1. The van der Waals surface area contributed by atoms with Crippen molar-refractivity contribution in [2.75, 3.05) is 0 Å². The van der Waals surface area contributed by atoms with Crippen molar-refractivity contribution >= 4 is 43.3 Å². The second-order valence-corrected chi connectivity index (χ2v) is 6.73. The zero-order chi connectivity index (χ0) is 12.6. The number of hydrogen-bond acceptors (Lipinski definition) is 2. The van der Waals surface area contributed by atoms with Crippen molar-refractivity contribution in [2.45, 2.75) is 20.3 Å². The van der Waals surface area contributed by atoms with Crippen LogP contribution in [0.1, 0.15) is 18.7 Å². The Bertz CT molecular complexity index is 572. The molecule has 0 aliphatic heterocycles. The number of rotatable bonds is 3. The van der Waals surface area contributed by atoms with E-state index >= 15 is 0 Å². The second-order valence-electron chi connectivity index (χ2n) is 4.74. The van der Waals surface area contributed by atoms with Crippen molar-refractivity contribution in [3.63, 3.8) is 0 Å². The maximum atomic E-state index is 11.1. The van der Waals surface area contributed by atoms with Gasteiger partial charge in [0.05, 0.1) is 5.41 Å². The number of thiophene rings is 1. The molecule has 2 aromatic rings. The Morgan fingerprint density at radius 1 is 1.47 bits per heavy atom. The van der Waals surface area contributed by atoms with Crippen LogP contribution in [0.2, 0.25) is 0 Å². The Balaban J connectivity index is 2.38. The molecule has 1 heterocycles. The van der Waals surface area contributed by atoms with Crippen LogP contribution in [0.4, 0.5) is 0 Å². The van der Waals surface area contributed by atoms with Gasteiger partial charge in [-0.1, -0.05) is 12.1 Å². The van der Waals surface area contributed by atoms with Gasteiger partial charge in [0.25, 0.3) is 0 Å². The molecule has 0 fully saturated rings. The molecule has 0 saturated heterocycles. The van der Waals surface area contributed by atoms with Gasteiger partial charge in [0, 0.05) is 14.0 Å². The summed E-state index contributed by atoms with van der Waals surface area (Å²) in [6, 6.07) is 8.12. The van der Waals surface area contributed by atoms with E-state index in [0.717, 1.165) is 9.35 Å². The van der Waals surface area contributed by atoms with Crippen molar-refractivity contribution in [2.24, 2.45) is 5.41 Å². The third-order valence-corrected chi connectivity index (χ3v) is 4.85. The summed E-state index contributed by atoms with van der Waals surface area (Å²) in [7, 11) is 0. The average Bonchev–Trinajstić information content (AvgIpc) is 2.60. The Morgan fingerprint density at radius 3 is 2.76 bits per heavy atom. The third-order valence-electron chi connectivity index (χ3n) is 2.74. The maximum Gasteiger partial charge on any atom is 0.309 e. The van der Waals surface area contributed by atoms with E-state index in [1.165, 1.54) is 10.1 Å². The van der Waals surface area contributed by atoms with E-state index in [1.807, 2.05) is 18.2 Å². The minimum atomic E-state index is -0.756. The minimum Gasteiger partial charge on any atom is -0.481 e. The van der Waals surface area contributed by atoms with Crippen LogP contribution in [-0.4, -0.2) is 11.1 Å². The van der Waals surface area contributed by atoms with Crippen LogP contribution < -0.4 is 0 Å². The first-order valence-electron chi connectivity index (χ1n) is 5.30. The Hall–Kier alpha value is -0.870. The van der Waals surface area contributed by atoms with E-state index in [2.05, 4.69) is 22.0 Å². The zero-order valence-corrected chi connectivity index (χ0v) is 12.1. The number of halogens is 1. The fourth-order valence-corrected chi connectivity index (χ4v) is 3.59. The van der Waals surface area contributed by atoms with Crippen LogP contribution in [0.25, 0.3) is 10.1 Å². The topological polar surface area (TPSA) is 37.3 Å². The SMILES string of the molecule is CC(C)(Cc1cc2cccc(Br)c2s1)C(=O)O. The number of carboxylic acid groups (broad SMARTS) is 1. The van der Waals surface area contributed by atoms with Crippen LogP contribution in [0.15, 0.2) is 28.7 Å². The largest absolute Gasteiger partial charge is 0.481 e. The molecule has 90 valence electrons. The monoisotopic (exact) mass is 312 g/mol. The number of hydrogen-bond donors (Lipinski definition) is 1. The van der Waals surface area contributed by atoms with Crippen molar-refractivity contribution < 1.29 is 9.90 Å². The van der Waals surface area contributed by atoms with Gasteiger partial charge in [-0.25, -0.2) is 0 Å². The molecule has 1 aromatic carbocycles. The number of benzene rings is 1. The van der Waals surface area contributed by atoms with Gasteiger partial charge in [0.2, 0.25) is 0 Å². The molecule has 2 nitrogen and oxygen atoms in total. The fourth-order valence-electron chi connectivity index (χ4n) is 1.68. The molecule has 0 saturated carbocycles. The van der Waals surface area contributed by atoms with E-state index in [9.17, 15) is 4.79 Å². The predicted molar refractivity (Wildman–Crippen MR) is 74.6 cm³/mol. The Kier molecular flexibility index (Phi) is 3.27. The van der Waals surface area contributed by atoms with Gasteiger partial charge < -0.3 is 5.11 Å². The predicted octanol–water partition coefficient (Wildman–Crippen LogP) is 4.32. The molecular formula is C13H13BrO2S. The molecule has 0 amide bonds. The summed E-state index contributed by atoms with van der Waals surface area (Å²) in [5.41, 5.74) is -0.715. The Morgan fingerprint density at radius 2 is 2.18 bits per heavy atom. The lowest BCUT2D eigenvalue weighted by atomic mass is 9.89. The second kappa shape index (κ2) is 4.42. The standard InChI is InChI=1S/C13H13BrO2S/c1-13(2,12(15)16)7-9-6-8-4-3-5-10(14)11(8)17-9/h3-6H,7H2,1-2H3,(H,15,16). The Labute approximate surface area is 112 Å². The van der Waals surface area contributed by atoms with Gasteiger partial charge in [-0.15, -0.1) is 11.3 Å². The van der Waals surface area contributed by atoms with Crippen LogP contribution in [0, 0.1) is 5.41 Å². The van der Waals surface area contributed by atoms with Crippen LogP contribution in [0.5, 0.6) is 0 Å². The molecule has 1 N–H and O–H groups in total. The first-order chi connectivity index (χ1) is 7.90. The number of carbonyl (C=O) groups is 1. The zero-order valence-electron chi connectivity index (χ0n) is 9.66. The molecule has 0 spiro atoms. The summed E-state index contributed by atoms with van der Waals surface area (Å²) < 4.78 is 2.25. The molecular weight excluding hydrogens is 300 g/mol. The van der Waals surface area contributed by atoms with E-state index < -0.39 is 11.4 Å². The molecule has 4 heteroatoms. The van der Waals surface area contributed by atoms with Gasteiger partial charge >= 0.3 is 5.97 Å². The molecule has 0 aliphatic carbocycles. The normalized spacial score (nSPS) is 11.9. The van der Waals surface area contributed by atoms with E-state index in [-0.39, 0.29) is 0 Å². The van der Waals surface area contributed by atoms with E-state index in [4.69, 9.17) is 5.11 Å². The smallest absolute Gasteiger partial charge is 0.309 e. The van der Waals surface area contributed by atoms with Gasteiger partial charge in [-0.05, 0) is 53.7 Å². The van der Waals surface area contributed by atoms with Crippen LogP contribution in [0.3, 0.4) is 0 Å². The van der Waals surface area contributed by atoms with Gasteiger partial charge in [-0.3, -0.25) is 4.79 Å². The highest BCUT2D eigenvalue weighted by atomic mass is 79.9. The highest BCUT2D eigenvalue weighted by Gasteiger charge is 2.28. The lowest BCUT2D eigenvalue weighted by Gasteiger charge is -2.17. The van der Waals surface area contributed by atoms with Crippen molar-refractivity contribution in [3.05, 3.63) is 33.6 Å². The third kappa shape index (κ3) is 2.53. The average molecular weight is 313 g/mol. The van der Waals surface area contributed by atoms with Crippen LogP contribution >= 0.6 is 27.3 Å². The molecule has 1 aromatic heterocycles. The summed E-state index contributed by atoms with van der Waals surface area (Å²) in [4.78, 5) is 12.2. The number of carboxylic acids is 1. The van der Waals surface area contributed by atoms with Crippen molar-refractivity contribution in [3.8, 4) is 0 Å². The van der Waals surface area contributed by atoms with Crippen molar-refractivity contribution in [1.29, 1.82) is 0 Å². The highest BCUT2D eigenvalue weighted by Crippen LogP contribution is 2.35. The van der Waals surface area contributed by atoms with Gasteiger partial charge in [-0.2, -0.15) is 0 Å². The highest BCUT2D eigenvalue weighted by molar-refractivity contribution is 9.10. The minimum absolute atomic E-state index is 0.564. The molecule has 0 bridgehead atoms. The molecule has 0 atom stereocenters. The molecule has 17 heavy (non-hydrogen) atoms. The van der Waals surface area contributed by atoms with Crippen molar-refractivity contribution in [1.82, 2.24) is 0 Å². The molecule has 0 unspecified atom stereocenters. The lowest BCUT2D eigenvalue weighted by Crippen LogP contribution is -2.25. The molecule has 0 aliphatic rings. The quantitative estimate of drug-likeness (QED) is 0.916. The maximum absolute atomic E-state index is 11.1. The number of fused-ring (bicyclic) bond motifs is 1. The first-order valence-corrected chi connectivity index (χ1v) is 6.91. The summed E-state index contributed by atoms with van der Waals surface area (Å²) >= 11 is 5.17. The summed E-state index contributed by atoms with van der Waals surface area (Å²) in [5, 5.41) is 10.3. The summed E-state index contributed by atoms with van der Waals surface area (Å²) in [5.74, 6) is -0.756. The fraction of sp³-hybridized carbons (Fsp3) is 0.308.